The molecule has 0 bridgehead atoms. The predicted molar refractivity (Wildman–Crippen MR) is 71.7 cm³/mol. The third-order valence-electron chi connectivity index (χ3n) is 2.94. The summed E-state index contributed by atoms with van der Waals surface area (Å²) in [5.74, 6) is 1.40. The number of methoxy groups -OCH3 is 1. The van der Waals surface area contributed by atoms with Gasteiger partial charge in [-0.2, -0.15) is 0 Å². The van der Waals surface area contributed by atoms with Crippen LogP contribution in [0.5, 0.6) is 5.75 Å². The maximum Gasteiger partial charge on any atom is 0.226 e. The van der Waals surface area contributed by atoms with E-state index >= 15 is 0 Å². The van der Waals surface area contributed by atoms with Crippen LogP contribution in [-0.2, 0) is 0 Å². The van der Waals surface area contributed by atoms with E-state index in [1.165, 1.54) is 0 Å². The number of ether oxygens (including phenoxy) is 1. The standard InChI is InChI=1S/C14H18N2O2/c1-8(2)12-13(16-18-14(12)15)10-7-9(3)5-6-11(10)17-4/h5-8H,15H2,1-4H3. The molecule has 2 aromatic rings. The molecule has 0 aliphatic heterocycles. The predicted octanol–water partition coefficient (Wildman–Crippen LogP) is 3.36. The van der Waals surface area contributed by atoms with Gasteiger partial charge in [-0.1, -0.05) is 30.6 Å². The van der Waals surface area contributed by atoms with E-state index in [1.807, 2.05) is 25.1 Å². The molecule has 2 N–H and O–H groups in total. The van der Waals surface area contributed by atoms with E-state index in [1.54, 1.807) is 7.11 Å². The fourth-order valence-corrected chi connectivity index (χ4v) is 2.07. The summed E-state index contributed by atoms with van der Waals surface area (Å²) in [6, 6.07) is 5.96. The van der Waals surface area contributed by atoms with Crippen LogP contribution in [0.2, 0.25) is 0 Å². The lowest BCUT2D eigenvalue weighted by Crippen LogP contribution is -1.96. The van der Waals surface area contributed by atoms with Gasteiger partial charge in [0.1, 0.15) is 11.4 Å². The molecule has 1 aromatic heterocycles. The number of nitrogen functional groups attached to an aromatic ring is 1. The average molecular weight is 246 g/mol. The Kier molecular flexibility index (Phi) is 3.28. The van der Waals surface area contributed by atoms with Gasteiger partial charge in [-0.3, -0.25) is 0 Å². The normalized spacial score (nSPS) is 10.9. The van der Waals surface area contributed by atoms with Gasteiger partial charge in [0.05, 0.1) is 7.11 Å². The van der Waals surface area contributed by atoms with E-state index in [9.17, 15) is 0 Å². The highest BCUT2D eigenvalue weighted by Crippen LogP contribution is 2.37. The second-order valence-corrected chi connectivity index (χ2v) is 4.67. The van der Waals surface area contributed by atoms with Crippen molar-refractivity contribution in [2.45, 2.75) is 26.7 Å². The van der Waals surface area contributed by atoms with E-state index in [2.05, 4.69) is 19.0 Å². The summed E-state index contributed by atoms with van der Waals surface area (Å²) in [6.07, 6.45) is 0. The van der Waals surface area contributed by atoms with Crippen LogP contribution in [0.4, 0.5) is 5.88 Å². The minimum Gasteiger partial charge on any atom is -0.496 e. The van der Waals surface area contributed by atoms with Gasteiger partial charge in [-0.05, 0) is 25.0 Å². The van der Waals surface area contributed by atoms with Crippen LogP contribution < -0.4 is 10.5 Å². The van der Waals surface area contributed by atoms with Crippen molar-refractivity contribution in [1.29, 1.82) is 0 Å². The molecule has 0 fully saturated rings. The molecule has 18 heavy (non-hydrogen) atoms. The lowest BCUT2D eigenvalue weighted by Gasteiger charge is -2.10. The first-order chi connectivity index (χ1) is 8.54. The summed E-state index contributed by atoms with van der Waals surface area (Å²) in [5, 5.41) is 4.08. The fraction of sp³-hybridized carbons (Fsp3) is 0.357. The molecular formula is C14H18N2O2. The van der Waals surface area contributed by atoms with Crippen molar-refractivity contribution in [2.75, 3.05) is 12.8 Å². The summed E-state index contributed by atoms with van der Waals surface area (Å²) >= 11 is 0. The molecule has 0 aliphatic rings. The third kappa shape index (κ3) is 2.06. The van der Waals surface area contributed by atoms with Crippen LogP contribution in [0.3, 0.4) is 0 Å². The number of hydrogen-bond acceptors (Lipinski definition) is 4. The van der Waals surface area contributed by atoms with Crippen LogP contribution in [0, 0.1) is 6.92 Å². The molecule has 0 saturated carbocycles. The Labute approximate surface area is 107 Å². The molecule has 96 valence electrons. The maximum absolute atomic E-state index is 5.84. The minimum absolute atomic E-state index is 0.247. The Morgan fingerprint density at radius 2 is 2.06 bits per heavy atom. The molecule has 1 aromatic carbocycles. The van der Waals surface area contributed by atoms with E-state index in [-0.39, 0.29) is 5.92 Å². The summed E-state index contributed by atoms with van der Waals surface area (Å²) in [7, 11) is 1.65. The van der Waals surface area contributed by atoms with Crippen LogP contribution in [0.1, 0.15) is 30.9 Å². The number of anilines is 1. The second kappa shape index (κ2) is 4.72. The van der Waals surface area contributed by atoms with E-state index < -0.39 is 0 Å². The molecule has 0 atom stereocenters. The molecule has 0 saturated heterocycles. The Morgan fingerprint density at radius 3 is 2.67 bits per heavy atom. The Bertz CT molecular complexity index is 559. The Hall–Kier alpha value is -1.97. The van der Waals surface area contributed by atoms with Crippen molar-refractivity contribution in [3.8, 4) is 17.0 Å². The monoisotopic (exact) mass is 246 g/mol. The van der Waals surface area contributed by atoms with Crippen molar-refractivity contribution < 1.29 is 9.26 Å². The zero-order valence-electron chi connectivity index (χ0n) is 11.2. The van der Waals surface area contributed by atoms with Crippen LogP contribution >= 0.6 is 0 Å². The molecule has 2 rings (SSSR count). The number of rotatable bonds is 3. The number of nitrogens with zero attached hydrogens (tertiary/aromatic N) is 1. The van der Waals surface area contributed by atoms with Gasteiger partial charge in [0.2, 0.25) is 5.88 Å². The zero-order chi connectivity index (χ0) is 13.3. The van der Waals surface area contributed by atoms with Crippen LogP contribution in [0.15, 0.2) is 22.7 Å². The van der Waals surface area contributed by atoms with Crippen molar-refractivity contribution in [3.63, 3.8) is 0 Å². The number of nitrogens with two attached hydrogens (primary N) is 1. The smallest absolute Gasteiger partial charge is 0.226 e. The molecule has 1 heterocycles. The average Bonchev–Trinajstić information content (AvgIpc) is 2.71. The van der Waals surface area contributed by atoms with Gasteiger partial charge in [-0.25, -0.2) is 0 Å². The first-order valence-corrected chi connectivity index (χ1v) is 5.94. The van der Waals surface area contributed by atoms with Gasteiger partial charge in [0.15, 0.2) is 0 Å². The number of aryl methyl sites for hydroxylation is 1. The number of hydrogen-bond donors (Lipinski definition) is 1. The Balaban J connectivity index is 2.65. The van der Waals surface area contributed by atoms with Crippen molar-refractivity contribution in [1.82, 2.24) is 5.16 Å². The summed E-state index contributed by atoms with van der Waals surface area (Å²) in [6.45, 7) is 6.16. The molecule has 4 heteroatoms. The first kappa shape index (κ1) is 12.5. The van der Waals surface area contributed by atoms with E-state index in [4.69, 9.17) is 15.0 Å². The van der Waals surface area contributed by atoms with E-state index in [0.29, 0.717) is 5.88 Å². The molecule has 0 unspecified atom stereocenters. The fourth-order valence-electron chi connectivity index (χ4n) is 2.07. The van der Waals surface area contributed by atoms with Crippen molar-refractivity contribution in [2.24, 2.45) is 0 Å². The first-order valence-electron chi connectivity index (χ1n) is 5.94. The highest BCUT2D eigenvalue weighted by atomic mass is 16.5. The van der Waals surface area contributed by atoms with Gasteiger partial charge < -0.3 is 15.0 Å². The maximum atomic E-state index is 5.84. The van der Waals surface area contributed by atoms with E-state index in [0.717, 1.165) is 28.1 Å². The molecule has 4 nitrogen and oxygen atoms in total. The van der Waals surface area contributed by atoms with Crippen molar-refractivity contribution >= 4 is 5.88 Å². The zero-order valence-corrected chi connectivity index (χ0v) is 11.2. The quantitative estimate of drug-likeness (QED) is 0.902. The molecule has 0 spiro atoms. The summed E-state index contributed by atoms with van der Waals surface area (Å²) in [5.41, 5.74) is 9.59. The molecule has 0 aliphatic carbocycles. The summed E-state index contributed by atoms with van der Waals surface area (Å²) < 4.78 is 10.5. The lowest BCUT2D eigenvalue weighted by atomic mass is 9.97. The second-order valence-electron chi connectivity index (χ2n) is 4.67. The van der Waals surface area contributed by atoms with Crippen LogP contribution in [-0.4, -0.2) is 12.3 Å². The van der Waals surface area contributed by atoms with Crippen LogP contribution in [0.25, 0.3) is 11.3 Å². The topological polar surface area (TPSA) is 61.3 Å². The summed E-state index contributed by atoms with van der Waals surface area (Å²) in [4.78, 5) is 0. The SMILES string of the molecule is COc1ccc(C)cc1-c1noc(N)c1C(C)C. The highest BCUT2D eigenvalue weighted by Gasteiger charge is 2.20. The minimum atomic E-state index is 0.247. The molecular weight excluding hydrogens is 228 g/mol. The van der Waals surface area contributed by atoms with Gasteiger partial charge in [-0.15, -0.1) is 0 Å². The number of aromatic nitrogens is 1. The Morgan fingerprint density at radius 1 is 1.33 bits per heavy atom. The largest absolute Gasteiger partial charge is 0.496 e. The van der Waals surface area contributed by atoms with Gasteiger partial charge in [0.25, 0.3) is 0 Å². The molecule has 0 amide bonds. The highest BCUT2D eigenvalue weighted by molar-refractivity contribution is 5.73. The third-order valence-corrected chi connectivity index (χ3v) is 2.94. The number of benzene rings is 1. The lowest BCUT2D eigenvalue weighted by molar-refractivity contribution is 0.414. The molecule has 0 radical (unpaired) electrons. The van der Waals surface area contributed by atoms with Gasteiger partial charge in [0, 0.05) is 11.1 Å². The van der Waals surface area contributed by atoms with Crippen molar-refractivity contribution in [3.05, 3.63) is 29.3 Å². The van der Waals surface area contributed by atoms with Gasteiger partial charge >= 0.3 is 0 Å².